The molecule has 4 heteroatoms. The van der Waals surface area contributed by atoms with Crippen LogP contribution in [0.5, 0.6) is 6.01 Å². The van der Waals surface area contributed by atoms with Gasteiger partial charge in [0.1, 0.15) is 0 Å². The van der Waals surface area contributed by atoms with Gasteiger partial charge in [0.05, 0.1) is 6.61 Å². The van der Waals surface area contributed by atoms with E-state index in [2.05, 4.69) is 23.8 Å². The lowest BCUT2D eigenvalue weighted by Gasteiger charge is -2.08. The van der Waals surface area contributed by atoms with E-state index in [9.17, 15) is 0 Å². The third kappa shape index (κ3) is 4.74. The summed E-state index contributed by atoms with van der Waals surface area (Å²) in [5.74, 6) is 0.477. The van der Waals surface area contributed by atoms with Gasteiger partial charge >= 0.3 is 6.01 Å². The highest BCUT2D eigenvalue weighted by Gasteiger charge is 2.03. The van der Waals surface area contributed by atoms with E-state index in [4.69, 9.17) is 10.5 Å². The third-order valence-electron chi connectivity index (χ3n) is 1.77. The molecule has 1 atom stereocenters. The lowest BCUT2D eigenvalue weighted by molar-refractivity contribution is 0.250. The van der Waals surface area contributed by atoms with E-state index in [1.807, 2.05) is 13.0 Å². The number of nitrogens with zero attached hydrogens (tertiary/aromatic N) is 2. The summed E-state index contributed by atoms with van der Waals surface area (Å²) in [5, 5.41) is 0. The molecule has 15 heavy (non-hydrogen) atoms. The maximum Gasteiger partial charge on any atom is 0.316 e. The van der Waals surface area contributed by atoms with E-state index in [-0.39, 0.29) is 6.04 Å². The number of rotatable bonds is 5. The molecular weight excluding hydrogens is 190 g/mol. The first kappa shape index (κ1) is 11.9. The second-order valence-electron chi connectivity index (χ2n) is 4.22. The zero-order chi connectivity index (χ0) is 11.3. The van der Waals surface area contributed by atoms with Crippen LogP contribution in [-0.4, -0.2) is 22.6 Å². The van der Waals surface area contributed by atoms with Gasteiger partial charge in [-0.15, -0.1) is 0 Å². The Labute approximate surface area is 90.9 Å². The number of aromatic nitrogens is 2. The lowest BCUT2D eigenvalue weighted by Crippen LogP contribution is -2.19. The molecule has 4 nitrogen and oxygen atoms in total. The van der Waals surface area contributed by atoms with Crippen LogP contribution < -0.4 is 10.5 Å². The fraction of sp³-hybridized carbons (Fsp3) is 0.636. The van der Waals surface area contributed by atoms with Gasteiger partial charge in [-0.25, -0.2) is 9.97 Å². The minimum atomic E-state index is 0.109. The highest BCUT2D eigenvalue weighted by molar-refractivity contribution is 5.06. The molecule has 1 rings (SSSR count). The summed E-state index contributed by atoms with van der Waals surface area (Å²) in [6.07, 6.45) is 2.46. The largest absolute Gasteiger partial charge is 0.463 e. The summed E-state index contributed by atoms with van der Waals surface area (Å²) < 4.78 is 5.43. The van der Waals surface area contributed by atoms with Gasteiger partial charge in [0, 0.05) is 24.4 Å². The van der Waals surface area contributed by atoms with Gasteiger partial charge in [-0.2, -0.15) is 0 Å². The molecule has 0 aliphatic rings. The average Bonchev–Trinajstić information content (AvgIpc) is 2.14. The normalized spacial score (nSPS) is 12.9. The molecule has 1 aromatic rings. The van der Waals surface area contributed by atoms with Crippen LogP contribution in [0.3, 0.4) is 0 Å². The Balaban J connectivity index is 2.57. The summed E-state index contributed by atoms with van der Waals surface area (Å²) in [6.45, 7) is 6.77. The third-order valence-corrected chi connectivity index (χ3v) is 1.77. The van der Waals surface area contributed by atoms with Crippen molar-refractivity contribution in [2.45, 2.75) is 33.2 Å². The summed E-state index contributed by atoms with van der Waals surface area (Å²) in [5.41, 5.74) is 6.62. The molecule has 0 saturated carbocycles. The number of ether oxygens (including phenoxy) is 1. The number of hydrogen-bond donors (Lipinski definition) is 1. The fourth-order valence-electron chi connectivity index (χ4n) is 1.13. The molecule has 0 saturated heterocycles. The highest BCUT2D eigenvalue weighted by Crippen LogP contribution is 2.06. The average molecular weight is 209 g/mol. The minimum Gasteiger partial charge on any atom is -0.463 e. The van der Waals surface area contributed by atoms with Gasteiger partial charge in [-0.1, -0.05) is 13.8 Å². The van der Waals surface area contributed by atoms with E-state index in [1.165, 1.54) is 0 Å². The van der Waals surface area contributed by atoms with Crippen molar-refractivity contribution in [1.29, 1.82) is 0 Å². The van der Waals surface area contributed by atoms with E-state index >= 15 is 0 Å². The van der Waals surface area contributed by atoms with Crippen molar-refractivity contribution in [2.75, 3.05) is 6.61 Å². The van der Waals surface area contributed by atoms with Crippen LogP contribution in [0.1, 0.15) is 26.5 Å². The van der Waals surface area contributed by atoms with Crippen LogP contribution in [0.15, 0.2) is 12.3 Å². The molecule has 1 aromatic heterocycles. The molecule has 1 heterocycles. The summed E-state index contributed by atoms with van der Waals surface area (Å²) in [4.78, 5) is 8.32. The van der Waals surface area contributed by atoms with Crippen LogP contribution in [0, 0.1) is 5.92 Å². The van der Waals surface area contributed by atoms with Gasteiger partial charge in [0.15, 0.2) is 0 Å². The Morgan fingerprint density at radius 3 is 2.73 bits per heavy atom. The molecule has 0 spiro atoms. The molecule has 0 fully saturated rings. The van der Waals surface area contributed by atoms with E-state index in [1.54, 1.807) is 6.20 Å². The second-order valence-corrected chi connectivity index (χ2v) is 4.22. The standard InChI is InChI=1S/C11H19N3O/c1-8(2)7-15-11-13-5-4-10(14-11)6-9(3)12/h4-5,8-9H,6-7,12H2,1-3H3. The van der Waals surface area contributed by atoms with Crippen molar-refractivity contribution < 1.29 is 4.74 Å². The monoisotopic (exact) mass is 209 g/mol. The van der Waals surface area contributed by atoms with Crippen molar-refractivity contribution in [3.05, 3.63) is 18.0 Å². The SMILES string of the molecule is CC(C)COc1nccc(CC(C)N)n1. The smallest absolute Gasteiger partial charge is 0.316 e. The molecule has 0 aliphatic heterocycles. The van der Waals surface area contributed by atoms with Gasteiger partial charge in [0.25, 0.3) is 0 Å². The Morgan fingerprint density at radius 2 is 2.13 bits per heavy atom. The molecule has 0 amide bonds. The zero-order valence-electron chi connectivity index (χ0n) is 9.60. The van der Waals surface area contributed by atoms with Crippen molar-refractivity contribution in [3.63, 3.8) is 0 Å². The molecule has 0 radical (unpaired) electrons. The molecule has 0 aromatic carbocycles. The zero-order valence-corrected chi connectivity index (χ0v) is 9.60. The van der Waals surface area contributed by atoms with E-state index in [0.717, 1.165) is 12.1 Å². The fourth-order valence-corrected chi connectivity index (χ4v) is 1.13. The van der Waals surface area contributed by atoms with Crippen LogP contribution in [-0.2, 0) is 6.42 Å². The van der Waals surface area contributed by atoms with Crippen LogP contribution in [0.25, 0.3) is 0 Å². The van der Waals surface area contributed by atoms with Gasteiger partial charge in [0.2, 0.25) is 0 Å². The van der Waals surface area contributed by atoms with E-state index < -0.39 is 0 Å². The van der Waals surface area contributed by atoms with Crippen molar-refractivity contribution in [2.24, 2.45) is 11.7 Å². The molecular formula is C11H19N3O. The van der Waals surface area contributed by atoms with E-state index in [0.29, 0.717) is 18.5 Å². The predicted octanol–water partition coefficient (Wildman–Crippen LogP) is 1.40. The Kier molecular flexibility index (Phi) is 4.49. The van der Waals surface area contributed by atoms with Crippen molar-refractivity contribution in [1.82, 2.24) is 9.97 Å². The van der Waals surface area contributed by atoms with Gasteiger partial charge in [-0.3, -0.25) is 0 Å². The number of hydrogen-bond acceptors (Lipinski definition) is 4. The highest BCUT2D eigenvalue weighted by atomic mass is 16.5. The van der Waals surface area contributed by atoms with Gasteiger partial charge < -0.3 is 10.5 Å². The van der Waals surface area contributed by atoms with Crippen LogP contribution in [0.4, 0.5) is 0 Å². The molecule has 0 aliphatic carbocycles. The lowest BCUT2D eigenvalue weighted by atomic mass is 10.2. The molecule has 0 bridgehead atoms. The topological polar surface area (TPSA) is 61.0 Å². The molecule has 2 N–H and O–H groups in total. The maximum atomic E-state index is 5.70. The second kappa shape index (κ2) is 5.66. The first-order valence-corrected chi connectivity index (χ1v) is 5.28. The Bertz CT molecular complexity index is 300. The first-order valence-electron chi connectivity index (χ1n) is 5.28. The van der Waals surface area contributed by atoms with Gasteiger partial charge in [-0.05, 0) is 18.9 Å². The summed E-state index contributed by atoms with van der Waals surface area (Å²) in [7, 11) is 0. The first-order chi connectivity index (χ1) is 7.08. The van der Waals surface area contributed by atoms with Crippen LogP contribution >= 0.6 is 0 Å². The Hall–Kier alpha value is -1.16. The maximum absolute atomic E-state index is 5.70. The van der Waals surface area contributed by atoms with Crippen molar-refractivity contribution in [3.8, 4) is 6.01 Å². The quantitative estimate of drug-likeness (QED) is 0.796. The van der Waals surface area contributed by atoms with Crippen LogP contribution in [0.2, 0.25) is 0 Å². The summed E-state index contributed by atoms with van der Waals surface area (Å²) in [6, 6.07) is 2.42. The number of nitrogens with two attached hydrogens (primary N) is 1. The summed E-state index contributed by atoms with van der Waals surface area (Å²) >= 11 is 0. The predicted molar refractivity (Wildman–Crippen MR) is 59.7 cm³/mol. The minimum absolute atomic E-state index is 0.109. The molecule has 84 valence electrons. The Morgan fingerprint density at radius 1 is 1.40 bits per heavy atom. The van der Waals surface area contributed by atoms with Crippen molar-refractivity contribution >= 4 is 0 Å². The molecule has 1 unspecified atom stereocenters.